The number of carbonyl (C=O) groups excluding carboxylic acids is 1. The van der Waals surface area contributed by atoms with E-state index >= 15 is 0 Å². The minimum Gasteiger partial charge on any atom is -0.434 e. The van der Waals surface area contributed by atoms with E-state index in [0.717, 1.165) is 13.0 Å². The van der Waals surface area contributed by atoms with Crippen molar-refractivity contribution < 1.29 is 22.7 Å². The van der Waals surface area contributed by atoms with Crippen molar-refractivity contribution in [2.24, 2.45) is 0 Å². The van der Waals surface area contributed by atoms with Gasteiger partial charge in [0.15, 0.2) is 0 Å². The number of nitrogens with zero attached hydrogens (tertiary/aromatic N) is 1. The van der Waals surface area contributed by atoms with Gasteiger partial charge in [0.05, 0.1) is 0 Å². The Morgan fingerprint density at radius 3 is 2.00 bits per heavy atom. The van der Waals surface area contributed by atoms with Crippen LogP contribution in [0.15, 0.2) is 0 Å². The molecule has 0 N–H and O–H groups in total. The van der Waals surface area contributed by atoms with Gasteiger partial charge in [0.2, 0.25) is 0 Å². The maximum absolute atomic E-state index is 12.0. The standard InChI is InChI=1S/C6H6F3NO2/c1-4(11)12-5(2,3-10)6(7,8)9/h1-2H3/t5-/m1/s1. The van der Waals surface area contributed by atoms with Crippen LogP contribution in [0.5, 0.6) is 0 Å². The number of hydrogen-bond acceptors (Lipinski definition) is 3. The molecular weight excluding hydrogens is 175 g/mol. The van der Waals surface area contributed by atoms with Crippen LogP contribution in [0.3, 0.4) is 0 Å². The highest BCUT2D eigenvalue weighted by atomic mass is 19.4. The number of halogens is 3. The van der Waals surface area contributed by atoms with E-state index in [0.29, 0.717) is 6.92 Å². The highest BCUT2D eigenvalue weighted by Crippen LogP contribution is 2.32. The number of carbonyl (C=O) groups is 1. The molecule has 0 saturated heterocycles. The zero-order valence-corrected chi connectivity index (χ0v) is 6.40. The first-order valence-corrected chi connectivity index (χ1v) is 2.90. The molecule has 0 aliphatic carbocycles. The number of alkyl halides is 3. The lowest BCUT2D eigenvalue weighted by Crippen LogP contribution is -2.44. The van der Waals surface area contributed by atoms with Gasteiger partial charge in [-0.05, 0) is 6.92 Å². The highest BCUT2D eigenvalue weighted by molar-refractivity contribution is 5.67. The lowest BCUT2D eigenvalue weighted by molar-refractivity contribution is -0.242. The molecule has 0 aliphatic heterocycles. The zero-order valence-electron chi connectivity index (χ0n) is 6.40. The van der Waals surface area contributed by atoms with Crippen LogP contribution in [0.1, 0.15) is 13.8 Å². The lowest BCUT2D eigenvalue weighted by Gasteiger charge is -2.23. The average molecular weight is 181 g/mol. The summed E-state index contributed by atoms with van der Waals surface area (Å²) in [5.74, 6) is -1.14. The third-order valence-electron chi connectivity index (χ3n) is 1.10. The third kappa shape index (κ3) is 2.12. The second-order valence-electron chi connectivity index (χ2n) is 2.24. The van der Waals surface area contributed by atoms with Crippen molar-refractivity contribution in [1.82, 2.24) is 0 Å². The Morgan fingerprint density at radius 1 is 1.50 bits per heavy atom. The molecule has 6 heteroatoms. The van der Waals surface area contributed by atoms with Gasteiger partial charge in [-0.1, -0.05) is 0 Å². The Labute approximate surface area is 66.7 Å². The second-order valence-corrected chi connectivity index (χ2v) is 2.24. The van der Waals surface area contributed by atoms with Crippen molar-refractivity contribution in [2.75, 3.05) is 0 Å². The van der Waals surface area contributed by atoms with Crippen molar-refractivity contribution >= 4 is 5.97 Å². The van der Waals surface area contributed by atoms with Crippen molar-refractivity contribution in [3.63, 3.8) is 0 Å². The van der Waals surface area contributed by atoms with Gasteiger partial charge in [-0.15, -0.1) is 0 Å². The maximum Gasteiger partial charge on any atom is 0.442 e. The maximum atomic E-state index is 12.0. The molecule has 12 heavy (non-hydrogen) atoms. The van der Waals surface area contributed by atoms with Crippen LogP contribution in [0.4, 0.5) is 13.2 Å². The zero-order chi connectivity index (χ0) is 9.99. The third-order valence-corrected chi connectivity index (χ3v) is 1.10. The summed E-state index contributed by atoms with van der Waals surface area (Å²) in [6.07, 6.45) is -4.87. The first-order chi connectivity index (χ1) is 5.23. The molecule has 0 unspecified atom stereocenters. The molecule has 3 nitrogen and oxygen atoms in total. The first kappa shape index (κ1) is 10.8. The van der Waals surface area contributed by atoms with Gasteiger partial charge in [-0.2, -0.15) is 18.4 Å². The van der Waals surface area contributed by atoms with E-state index in [1.807, 2.05) is 0 Å². The molecule has 0 saturated carbocycles. The summed E-state index contributed by atoms with van der Waals surface area (Å²) in [5, 5.41) is 8.12. The van der Waals surface area contributed by atoms with E-state index in [9.17, 15) is 18.0 Å². The van der Waals surface area contributed by atoms with E-state index < -0.39 is 17.7 Å². The molecule has 0 aromatic heterocycles. The molecule has 1 atom stereocenters. The summed E-state index contributed by atoms with van der Waals surface area (Å²) in [6, 6.07) is 0.882. The summed E-state index contributed by atoms with van der Waals surface area (Å²) in [5.41, 5.74) is -3.04. The molecule has 0 radical (unpaired) electrons. The molecule has 0 amide bonds. The number of hydrogen-bond donors (Lipinski definition) is 0. The Morgan fingerprint density at radius 2 is 1.92 bits per heavy atom. The van der Waals surface area contributed by atoms with Crippen molar-refractivity contribution in [1.29, 1.82) is 5.26 Å². The summed E-state index contributed by atoms with van der Waals surface area (Å²) >= 11 is 0. The topological polar surface area (TPSA) is 50.1 Å². The smallest absolute Gasteiger partial charge is 0.434 e. The quantitative estimate of drug-likeness (QED) is 0.574. The molecular formula is C6H6F3NO2. The van der Waals surface area contributed by atoms with Gasteiger partial charge < -0.3 is 4.74 Å². The Balaban J connectivity index is 4.72. The predicted molar refractivity (Wildman–Crippen MR) is 31.8 cm³/mol. The van der Waals surface area contributed by atoms with Crippen LogP contribution >= 0.6 is 0 Å². The largest absolute Gasteiger partial charge is 0.442 e. The summed E-state index contributed by atoms with van der Waals surface area (Å²) in [4.78, 5) is 10.2. The predicted octanol–water partition coefficient (Wildman–Crippen LogP) is 1.39. The van der Waals surface area contributed by atoms with Crippen molar-refractivity contribution in [2.45, 2.75) is 25.6 Å². The first-order valence-electron chi connectivity index (χ1n) is 2.90. The molecule has 0 aromatic rings. The van der Waals surface area contributed by atoms with E-state index in [1.165, 1.54) is 0 Å². The number of nitriles is 1. The van der Waals surface area contributed by atoms with E-state index in [4.69, 9.17) is 5.26 Å². The molecule has 0 aromatic carbocycles. The van der Waals surface area contributed by atoms with Gasteiger partial charge in [-0.25, -0.2) is 0 Å². The van der Waals surface area contributed by atoms with Gasteiger partial charge in [0.1, 0.15) is 6.07 Å². The minimum absolute atomic E-state index is 0.494. The van der Waals surface area contributed by atoms with Crippen LogP contribution in [0.2, 0.25) is 0 Å². The molecule has 0 fully saturated rings. The molecule has 0 aliphatic rings. The van der Waals surface area contributed by atoms with Gasteiger partial charge in [0, 0.05) is 6.92 Å². The average Bonchev–Trinajstić information content (AvgIpc) is 1.83. The van der Waals surface area contributed by atoms with Crippen LogP contribution in [-0.2, 0) is 9.53 Å². The number of ether oxygens (including phenoxy) is 1. The Hall–Kier alpha value is -1.25. The highest BCUT2D eigenvalue weighted by Gasteiger charge is 2.55. The van der Waals surface area contributed by atoms with Crippen LogP contribution in [0, 0.1) is 11.3 Å². The Bertz CT molecular complexity index is 230. The summed E-state index contributed by atoms with van der Waals surface area (Å²) in [7, 11) is 0. The monoisotopic (exact) mass is 181 g/mol. The van der Waals surface area contributed by atoms with E-state index in [2.05, 4.69) is 4.74 Å². The fourth-order valence-corrected chi connectivity index (χ4v) is 0.432. The summed E-state index contributed by atoms with van der Waals surface area (Å²) < 4.78 is 39.7. The second kappa shape index (κ2) is 3.01. The fourth-order valence-electron chi connectivity index (χ4n) is 0.432. The number of rotatable bonds is 1. The van der Waals surface area contributed by atoms with Crippen LogP contribution < -0.4 is 0 Å². The number of esters is 1. The molecule has 0 rings (SSSR count). The van der Waals surface area contributed by atoms with Gasteiger partial charge in [0.25, 0.3) is 5.60 Å². The fraction of sp³-hybridized carbons (Fsp3) is 0.667. The van der Waals surface area contributed by atoms with Crippen molar-refractivity contribution in [3.05, 3.63) is 0 Å². The van der Waals surface area contributed by atoms with Crippen LogP contribution in [-0.4, -0.2) is 17.7 Å². The Kier molecular flexibility index (Phi) is 2.70. The summed E-state index contributed by atoms with van der Waals surface area (Å²) in [6.45, 7) is 1.30. The van der Waals surface area contributed by atoms with E-state index in [-0.39, 0.29) is 0 Å². The molecule has 0 spiro atoms. The molecule has 0 heterocycles. The minimum atomic E-state index is -4.87. The molecule has 0 bridgehead atoms. The normalized spacial score (nSPS) is 16.0. The molecule has 68 valence electrons. The van der Waals surface area contributed by atoms with Crippen molar-refractivity contribution in [3.8, 4) is 6.07 Å². The van der Waals surface area contributed by atoms with E-state index in [1.54, 1.807) is 0 Å². The van der Waals surface area contributed by atoms with Gasteiger partial charge in [-0.3, -0.25) is 4.79 Å². The SMILES string of the molecule is CC(=O)O[C@](C)(C#N)C(F)(F)F. The lowest BCUT2D eigenvalue weighted by atomic mass is 10.1. The van der Waals surface area contributed by atoms with Gasteiger partial charge >= 0.3 is 12.1 Å². The van der Waals surface area contributed by atoms with Crippen LogP contribution in [0.25, 0.3) is 0 Å².